The molecule has 1 fully saturated rings. The summed E-state index contributed by atoms with van der Waals surface area (Å²) in [6, 6.07) is 16.0. The number of hydrogen-bond donors (Lipinski definition) is 1. The van der Waals surface area contributed by atoms with Crippen molar-refractivity contribution in [2.45, 2.75) is 39.7 Å². The minimum atomic E-state index is -0.877. The predicted molar refractivity (Wildman–Crippen MR) is 141 cm³/mol. The van der Waals surface area contributed by atoms with E-state index in [1.165, 1.54) is 40.5 Å². The molecule has 0 bridgehead atoms. The van der Waals surface area contributed by atoms with E-state index in [-0.39, 0.29) is 16.9 Å². The maximum Gasteiger partial charge on any atom is 0.301 e. The molecule has 4 aromatic rings. The average molecular weight is 501 g/mol. The van der Waals surface area contributed by atoms with Gasteiger partial charge in [-0.3, -0.25) is 14.5 Å². The van der Waals surface area contributed by atoms with E-state index in [1.807, 2.05) is 50.2 Å². The molecule has 1 unspecified atom stereocenters. The smallest absolute Gasteiger partial charge is 0.301 e. The maximum atomic E-state index is 13.5. The van der Waals surface area contributed by atoms with Crippen molar-refractivity contribution in [2.24, 2.45) is 0 Å². The number of benzene rings is 3. The number of aliphatic hydroxyl groups is 1. The lowest BCUT2D eigenvalue weighted by Gasteiger charge is -2.23. The minimum absolute atomic E-state index is 0.0453. The summed E-state index contributed by atoms with van der Waals surface area (Å²) in [7, 11) is 0. The molecule has 5 nitrogen and oxygen atoms in total. The Morgan fingerprint density at radius 1 is 1.03 bits per heavy atom. The number of aliphatic hydroxyl groups excluding tert-OH is 1. The summed E-state index contributed by atoms with van der Waals surface area (Å²) >= 11 is 1.33. The minimum Gasteiger partial charge on any atom is -0.507 e. The van der Waals surface area contributed by atoms with Gasteiger partial charge < -0.3 is 5.11 Å². The Morgan fingerprint density at radius 3 is 2.33 bits per heavy atom. The van der Waals surface area contributed by atoms with Crippen LogP contribution >= 0.6 is 11.3 Å². The number of carbonyl (C=O) groups excluding carboxylic acids is 2. The number of thiazole rings is 1. The van der Waals surface area contributed by atoms with E-state index in [9.17, 15) is 19.1 Å². The van der Waals surface area contributed by atoms with Gasteiger partial charge in [0.2, 0.25) is 0 Å². The van der Waals surface area contributed by atoms with Crippen molar-refractivity contribution in [3.05, 3.63) is 99.9 Å². The van der Waals surface area contributed by atoms with Crippen LogP contribution in [0.2, 0.25) is 0 Å². The van der Waals surface area contributed by atoms with E-state index in [2.05, 4.69) is 13.8 Å². The van der Waals surface area contributed by atoms with Gasteiger partial charge in [-0.25, -0.2) is 9.37 Å². The summed E-state index contributed by atoms with van der Waals surface area (Å²) in [6.45, 7) is 8.13. The van der Waals surface area contributed by atoms with Crippen molar-refractivity contribution < 1.29 is 19.1 Å². The molecule has 3 aromatic carbocycles. The fourth-order valence-corrected chi connectivity index (χ4v) is 5.80. The molecule has 7 heteroatoms. The van der Waals surface area contributed by atoms with Gasteiger partial charge in [-0.2, -0.15) is 0 Å². The Hall–Kier alpha value is -3.84. The van der Waals surface area contributed by atoms with Crippen LogP contribution < -0.4 is 4.90 Å². The van der Waals surface area contributed by atoms with Crippen molar-refractivity contribution in [3.8, 4) is 0 Å². The Bertz CT molecular complexity index is 1540. The van der Waals surface area contributed by atoms with Crippen LogP contribution in [-0.2, 0) is 9.59 Å². The number of anilines is 1. The molecule has 1 N–H and O–H groups in total. The van der Waals surface area contributed by atoms with Gasteiger partial charge in [0, 0.05) is 5.56 Å². The zero-order valence-electron chi connectivity index (χ0n) is 20.4. The van der Waals surface area contributed by atoms with Gasteiger partial charge in [0.25, 0.3) is 5.78 Å². The number of ketones is 1. The molecule has 5 rings (SSSR count). The van der Waals surface area contributed by atoms with Gasteiger partial charge in [0.1, 0.15) is 11.6 Å². The number of aromatic nitrogens is 1. The number of rotatable bonds is 4. The normalized spacial score (nSPS) is 17.5. The summed E-state index contributed by atoms with van der Waals surface area (Å²) in [5.74, 6) is -2.07. The first kappa shape index (κ1) is 23.9. The summed E-state index contributed by atoms with van der Waals surface area (Å²) in [5, 5.41) is 11.6. The zero-order chi connectivity index (χ0) is 25.7. The monoisotopic (exact) mass is 500 g/mol. The lowest BCUT2D eigenvalue weighted by molar-refractivity contribution is -0.132. The molecule has 1 aliphatic rings. The number of halogens is 1. The number of amides is 1. The van der Waals surface area contributed by atoms with Crippen molar-refractivity contribution in [2.75, 3.05) is 4.90 Å². The molecular weight excluding hydrogens is 475 g/mol. The molecule has 2 heterocycles. The summed E-state index contributed by atoms with van der Waals surface area (Å²) in [6.07, 6.45) is 0. The zero-order valence-corrected chi connectivity index (χ0v) is 21.2. The number of fused-ring (bicyclic) bond motifs is 1. The highest BCUT2D eigenvalue weighted by Gasteiger charge is 2.48. The number of hydrogen-bond acceptors (Lipinski definition) is 5. The number of aryl methyl sites for hydroxylation is 2. The number of nitrogens with zero attached hydrogens (tertiary/aromatic N) is 2. The molecule has 1 aromatic heterocycles. The SMILES string of the molecule is Cc1cc(C)c2nc(N3C(=O)C(=O)C(=C(O)c4ccc(F)cc4)C3c3ccc(C(C)C)cc3)sc2c1. The predicted octanol–water partition coefficient (Wildman–Crippen LogP) is 6.80. The van der Waals surface area contributed by atoms with Crippen LogP contribution in [0.25, 0.3) is 16.0 Å². The fraction of sp³-hybridized carbons (Fsp3) is 0.207. The van der Waals surface area contributed by atoms with E-state index in [1.54, 1.807) is 0 Å². The number of Topliss-reactive ketones (excluding diaryl/α,β-unsaturated/α-hetero) is 1. The third kappa shape index (κ3) is 3.99. The fourth-order valence-electron chi connectivity index (χ4n) is 4.63. The standard InChI is InChI=1S/C29H25FN2O3S/c1-15(2)18-5-7-19(8-6-18)25-23(26(33)20-9-11-21(30)12-10-20)27(34)28(35)32(25)29-31-24-17(4)13-16(3)14-22(24)36-29/h5-15,25,33H,1-4H3. The molecule has 1 amide bonds. The molecule has 0 radical (unpaired) electrons. The topological polar surface area (TPSA) is 70.5 Å². The molecule has 1 atom stereocenters. The van der Waals surface area contributed by atoms with Gasteiger partial charge in [0.05, 0.1) is 21.8 Å². The molecule has 36 heavy (non-hydrogen) atoms. The van der Waals surface area contributed by atoms with Crippen molar-refractivity contribution in [1.82, 2.24) is 4.98 Å². The molecular formula is C29H25FN2O3S. The number of carbonyl (C=O) groups is 2. The second-order valence-corrected chi connectivity index (χ2v) is 10.4. The summed E-state index contributed by atoms with van der Waals surface area (Å²) in [4.78, 5) is 32.9. The van der Waals surface area contributed by atoms with Crippen LogP contribution in [0, 0.1) is 19.7 Å². The van der Waals surface area contributed by atoms with Crippen molar-refractivity contribution in [3.63, 3.8) is 0 Å². The Labute approximate surface area is 212 Å². The Morgan fingerprint density at radius 2 is 1.69 bits per heavy atom. The lowest BCUT2D eigenvalue weighted by Crippen LogP contribution is -2.29. The first-order chi connectivity index (χ1) is 17.2. The van der Waals surface area contributed by atoms with Crippen molar-refractivity contribution in [1.29, 1.82) is 0 Å². The lowest BCUT2D eigenvalue weighted by atomic mass is 9.93. The first-order valence-electron chi connectivity index (χ1n) is 11.7. The Kier molecular flexibility index (Phi) is 5.96. The molecule has 0 aliphatic carbocycles. The van der Waals surface area contributed by atoms with Crippen LogP contribution in [0.1, 0.15) is 53.6 Å². The van der Waals surface area contributed by atoms with Gasteiger partial charge in [-0.15, -0.1) is 0 Å². The van der Waals surface area contributed by atoms with Crippen LogP contribution in [0.4, 0.5) is 9.52 Å². The first-order valence-corrected chi connectivity index (χ1v) is 12.5. The van der Waals surface area contributed by atoms with E-state index in [4.69, 9.17) is 4.98 Å². The molecule has 0 saturated carbocycles. The van der Waals surface area contributed by atoms with Crippen LogP contribution in [0.15, 0.2) is 66.2 Å². The largest absolute Gasteiger partial charge is 0.507 e. The quantitative estimate of drug-likeness (QED) is 0.190. The molecule has 1 saturated heterocycles. The second kappa shape index (κ2) is 8.99. The third-order valence-electron chi connectivity index (χ3n) is 6.51. The molecule has 1 aliphatic heterocycles. The highest BCUT2D eigenvalue weighted by molar-refractivity contribution is 7.22. The van der Waals surface area contributed by atoms with Gasteiger partial charge in [0.15, 0.2) is 5.13 Å². The van der Waals surface area contributed by atoms with Gasteiger partial charge in [-0.1, -0.05) is 55.5 Å². The average Bonchev–Trinajstić information content (AvgIpc) is 3.38. The summed E-state index contributed by atoms with van der Waals surface area (Å²) in [5.41, 5.74) is 4.83. The van der Waals surface area contributed by atoms with E-state index < -0.39 is 23.5 Å². The van der Waals surface area contributed by atoms with Gasteiger partial charge in [-0.05, 0) is 72.4 Å². The summed E-state index contributed by atoms with van der Waals surface area (Å²) < 4.78 is 14.4. The van der Waals surface area contributed by atoms with Crippen LogP contribution in [0.5, 0.6) is 0 Å². The Balaban J connectivity index is 1.73. The maximum absolute atomic E-state index is 13.5. The van der Waals surface area contributed by atoms with E-state index in [0.717, 1.165) is 26.9 Å². The van der Waals surface area contributed by atoms with E-state index >= 15 is 0 Å². The molecule has 0 spiro atoms. The third-order valence-corrected chi connectivity index (χ3v) is 7.51. The molecule has 182 valence electrons. The van der Waals surface area contributed by atoms with E-state index in [0.29, 0.717) is 16.6 Å². The van der Waals surface area contributed by atoms with Crippen LogP contribution in [-0.4, -0.2) is 21.8 Å². The van der Waals surface area contributed by atoms with Crippen molar-refractivity contribution >= 4 is 44.1 Å². The van der Waals surface area contributed by atoms with Gasteiger partial charge >= 0.3 is 5.91 Å². The highest BCUT2D eigenvalue weighted by atomic mass is 32.1. The van der Waals surface area contributed by atoms with Crippen LogP contribution in [0.3, 0.4) is 0 Å². The highest BCUT2D eigenvalue weighted by Crippen LogP contribution is 2.45. The second-order valence-electron chi connectivity index (χ2n) is 9.42.